The summed E-state index contributed by atoms with van der Waals surface area (Å²) in [7, 11) is 0. The first kappa shape index (κ1) is 8.27. The van der Waals surface area contributed by atoms with E-state index in [-0.39, 0.29) is 17.9 Å². The molecule has 1 N–H and O–H groups in total. The van der Waals surface area contributed by atoms with Crippen LogP contribution in [0.2, 0.25) is 0 Å². The van der Waals surface area contributed by atoms with Gasteiger partial charge in [-0.25, -0.2) is 0 Å². The molecule has 0 aliphatic carbocycles. The first-order valence-corrected chi connectivity index (χ1v) is 3.74. The highest BCUT2D eigenvalue weighted by atomic mass is 16.3. The van der Waals surface area contributed by atoms with E-state index in [1.807, 2.05) is 6.92 Å². The fraction of sp³-hybridized carbons (Fsp3) is 0.625. The van der Waals surface area contributed by atoms with Crippen molar-refractivity contribution in [2.24, 2.45) is 5.92 Å². The summed E-state index contributed by atoms with van der Waals surface area (Å²) in [6.45, 7) is 6.41. The highest BCUT2D eigenvalue weighted by Gasteiger charge is 2.29. The van der Waals surface area contributed by atoms with Crippen LogP contribution in [-0.2, 0) is 4.79 Å². The molecule has 3 heteroatoms. The van der Waals surface area contributed by atoms with Crippen LogP contribution in [0, 0.1) is 5.92 Å². The topological polar surface area (TPSA) is 40.5 Å². The van der Waals surface area contributed by atoms with Crippen molar-refractivity contribution in [2.75, 3.05) is 13.1 Å². The summed E-state index contributed by atoms with van der Waals surface area (Å²) < 4.78 is 0. The third kappa shape index (κ3) is 1.60. The van der Waals surface area contributed by atoms with Crippen LogP contribution in [0.4, 0.5) is 0 Å². The van der Waals surface area contributed by atoms with Crippen molar-refractivity contribution in [1.82, 2.24) is 4.90 Å². The van der Waals surface area contributed by atoms with Gasteiger partial charge >= 0.3 is 0 Å². The molecule has 0 aromatic heterocycles. The molecular weight excluding hydrogens is 142 g/mol. The molecule has 1 fully saturated rings. The predicted molar refractivity (Wildman–Crippen MR) is 41.9 cm³/mol. The lowest BCUT2D eigenvalue weighted by Crippen LogP contribution is -2.27. The minimum atomic E-state index is -0.362. The van der Waals surface area contributed by atoms with Crippen LogP contribution in [0.1, 0.15) is 6.92 Å². The van der Waals surface area contributed by atoms with Gasteiger partial charge in [-0.05, 0) is 6.08 Å². The lowest BCUT2D eigenvalue weighted by atomic mass is 10.1. The van der Waals surface area contributed by atoms with Gasteiger partial charge < -0.3 is 10.0 Å². The van der Waals surface area contributed by atoms with Gasteiger partial charge in [-0.15, -0.1) is 0 Å². The molecule has 2 unspecified atom stereocenters. The molecule has 0 aromatic carbocycles. The Labute approximate surface area is 66.3 Å². The maximum absolute atomic E-state index is 11.0. The average molecular weight is 155 g/mol. The van der Waals surface area contributed by atoms with Crippen molar-refractivity contribution < 1.29 is 9.90 Å². The zero-order chi connectivity index (χ0) is 8.43. The monoisotopic (exact) mass is 155 g/mol. The molecule has 3 nitrogen and oxygen atoms in total. The highest BCUT2D eigenvalue weighted by Crippen LogP contribution is 2.15. The van der Waals surface area contributed by atoms with Crippen molar-refractivity contribution in [1.29, 1.82) is 0 Å². The smallest absolute Gasteiger partial charge is 0.246 e. The van der Waals surface area contributed by atoms with E-state index < -0.39 is 0 Å². The number of β-amino-alcohol motifs (C(OH)–C–C–N with tert-alkyl or cyclic N) is 1. The van der Waals surface area contributed by atoms with Crippen LogP contribution in [0.5, 0.6) is 0 Å². The van der Waals surface area contributed by atoms with Crippen molar-refractivity contribution in [2.45, 2.75) is 13.0 Å². The summed E-state index contributed by atoms with van der Waals surface area (Å²) in [6.07, 6.45) is 0.920. The molecule has 0 bridgehead atoms. The van der Waals surface area contributed by atoms with Crippen LogP contribution < -0.4 is 0 Å². The van der Waals surface area contributed by atoms with E-state index in [0.717, 1.165) is 0 Å². The number of carbonyl (C=O) groups excluding carboxylic acids is 1. The van der Waals surface area contributed by atoms with E-state index in [4.69, 9.17) is 0 Å². The number of amides is 1. The fourth-order valence-corrected chi connectivity index (χ4v) is 1.26. The quantitative estimate of drug-likeness (QED) is 0.542. The van der Waals surface area contributed by atoms with E-state index >= 15 is 0 Å². The number of hydrogen-bond acceptors (Lipinski definition) is 2. The van der Waals surface area contributed by atoms with E-state index in [0.29, 0.717) is 13.1 Å². The van der Waals surface area contributed by atoms with Crippen molar-refractivity contribution in [3.63, 3.8) is 0 Å². The fourth-order valence-electron chi connectivity index (χ4n) is 1.26. The van der Waals surface area contributed by atoms with E-state index in [2.05, 4.69) is 6.58 Å². The maximum Gasteiger partial charge on any atom is 0.246 e. The van der Waals surface area contributed by atoms with Gasteiger partial charge in [0.15, 0.2) is 0 Å². The number of aliphatic hydroxyl groups excluding tert-OH is 1. The number of carbonyl (C=O) groups is 1. The molecule has 1 aliphatic heterocycles. The van der Waals surface area contributed by atoms with Gasteiger partial charge in [0.2, 0.25) is 5.91 Å². The molecule has 2 atom stereocenters. The van der Waals surface area contributed by atoms with Crippen molar-refractivity contribution >= 4 is 5.91 Å². The molecule has 1 heterocycles. The van der Waals surface area contributed by atoms with Crippen molar-refractivity contribution in [3.05, 3.63) is 12.7 Å². The first-order valence-electron chi connectivity index (χ1n) is 3.74. The summed E-state index contributed by atoms with van der Waals surface area (Å²) in [5.74, 6) is 0.104. The Bertz CT molecular complexity index is 169. The minimum Gasteiger partial charge on any atom is -0.391 e. The van der Waals surface area contributed by atoms with Crippen molar-refractivity contribution in [3.8, 4) is 0 Å². The number of aliphatic hydroxyl groups is 1. The summed E-state index contributed by atoms with van der Waals surface area (Å²) in [5, 5.41) is 9.28. The molecule has 11 heavy (non-hydrogen) atoms. The van der Waals surface area contributed by atoms with Crippen LogP contribution in [-0.4, -0.2) is 35.1 Å². The zero-order valence-electron chi connectivity index (χ0n) is 6.66. The second-order valence-corrected chi connectivity index (χ2v) is 2.99. The number of rotatable bonds is 1. The molecule has 1 amide bonds. The second-order valence-electron chi connectivity index (χ2n) is 2.99. The van der Waals surface area contributed by atoms with Gasteiger partial charge in [-0.3, -0.25) is 4.79 Å². The summed E-state index contributed by atoms with van der Waals surface area (Å²) in [5.41, 5.74) is 0. The standard InChI is InChI=1S/C8H13NO2/c1-3-8(11)9-4-6(2)7(10)5-9/h3,6-7,10H,1,4-5H2,2H3. The Hall–Kier alpha value is -0.830. The summed E-state index contributed by atoms with van der Waals surface area (Å²) >= 11 is 0. The third-order valence-electron chi connectivity index (χ3n) is 2.06. The molecule has 62 valence electrons. The second kappa shape index (κ2) is 3.05. The zero-order valence-corrected chi connectivity index (χ0v) is 6.66. The first-order chi connectivity index (χ1) is 5.15. The van der Waals surface area contributed by atoms with Gasteiger partial charge in [0, 0.05) is 19.0 Å². The van der Waals surface area contributed by atoms with Gasteiger partial charge in [-0.2, -0.15) is 0 Å². The summed E-state index contributed by atoms with van der Waals surface area (Å²) in [4.78, 5) is 12.6. The Balaban J connectivity index is 2.53. The molecular formula is C8H13NO2. The third-order valence-corrected chi connectivity index (χ3v) is 2.06. The maximum atomic E-state index is 11.0. The number of hydrogen-bond donors (Lipinski definition) is 1. The van der Waals surface area contributed by atoms with Crippen LogP contribution in [0.25, 0.3) is 0 Å². The Morgan fingerprint density at radius 2 is 2.36 bits per heavy atom. The molecule has 1 aliphatic rings. The van der Waals surface area contributed by atoms with Gasteiger partial charge in [0.1, 0.15) is 0 Å². The molecule has 0 aromatic rings. The lowest BCUT2D eigenvalue weighted by Gasteiger charge is -2.11. The molecule has 0 spiro atoms. The van der Waals surface area contributed by atoms with E-state index in [9.17, 15) is 9.90 Å². The van der Waals surface area contributed by atoms with E-state index in [1.165, 1.54) is 6.08 Å². The SMILES string of the molecule is C=CC(=O)N1CC(C)C(O)C1. The van der Waals surface area contributed by atoms with Crippen LogP contribution >= 0.6 is 0 Å². The number of nitrogens with zero attached hydrogens (tertiary/aromatic N) is 1. The van der Waals surface area contributed by atoms with Gasteiger partial charge in [0.25, 0.3) is 0 Å². The Morgan fingerprint density at radius 1 is 1.73 bits per heavy atom. The number of likely N-dealkylation sites (tertiary alicyclic amines) is 1. The molecule has 0 radical (unpaired) electrons. The van der Waals surface area contributed by atoms with Gasteiger partial charge in [0.05, 0.1) is 6.10 Å². The highest BCUT2D eigenvalue weighted by molar-refractivity contribution is 5.87. The van der Waals surface area contributed by atoms with Crippen LogP contribution in [0.3, 0.4) is 0 Å². The normalized spacial score (nSPS) is 30.5. The average Bonchev–Trinajstić information content (AvgIpc) is 2.31. The molecule has 1 rings (SSSR count). The Morgan fingerprint density at radius 3 is 2.73 bits per heavy atom. The van der Waals surface area contributed by atoms with Crippen LogP contribution in [0.15, 0.2) is 12.7 Å². The lowest BCUT2D eigenvalue weighted by molar-refractivity contribution is -0.125. The Kier molecular flexibility index (Phi) is 2.29. The summed E-state index contributed by atoms with van der Waals surface area (Å²) in [6, 6.07) is 0. The van der Waals surface area contributed by atoms with Gasteiger partial charge in [-0.1, -0.05) is 13.5 Å². The molecule has 1 saturated heterocycles. The predicted octanol–water partition coefficient (Wildman–Crippen LogP) is 0.0116. The minimum absolute atomic E-state index is 0.0894. The largest absolute Gasteiger partial charge is 0.391 e. The molecule has 0 saturated carbocycles. The van der Waals surface area contributed by atoms with E-state index in [1.54, 1.807) is 4.90 Å².